The summed E-state index contributed by atoms with van der Waals surface area (Å²) < 4.78 is 9.74. The third-order valence-electron chi connectivity index (χ3n) is 5.11. The van der Waals surface area contributed by atoms with E-state index < -0.39 is 5.97 Å². The van der Waals surface area contributed by atoms with Gasteiger partial charge in [0, 0.05) is 11.1 Å². The maximum absolute atomic E-state index is 11.5. The van der Waals surface area contributed by atoms with Crippen LogP contribution in [-0.2, 0) is 20.7 Å². The van der Waals surface area contributed by atoms with Crippen molar-refractivity contribution in [3.05, 3.63) is 70.8 Å². The molecule has 170 valence electrons. The lowest BCUT2D eigenvalue weighted by Crippen LogP contribution is -2.01. The number of methoxy groups -OCH3 is 1. The molecule has 0 aliphatic heterocycles. The molecule has 0 aliphatic rings. The summed E-state index contributed by atoms with van der Waals surface area (Å²) in [6.45, 7) is 5.86. The third kappa shape index (κ3) is 11.8. The van der Waals surface area contributed by atoms with Gasteiger partial charge in [-0.1, -0.05) is 35.5 Å². The van der Waals surface area contributed by atoms with Crippen molar-refractivity contribution in [3.63, 3.8) is 0 Å². The topological polar surface area (TPSA) is 76.7 Å². The van der Waals surface area contributed by atoms with E-state index in [2.05, 4.69) is 23.8 Å². The van der Waals surface area contributed by atoms with E-state index in [-0.39, 0.29) is 5.97 Å². The molecular weight excluding hydrogens is 392 g/mol. The fourth-order valence-corrected chi connectivity index (χ4v) is 3.13. The second-order valence-electron chi connectivity index (χ2n) is 7.80. The molecule has 0 bridgehead atoms. The van der Waals surface area contributed by atoms with Crippen molar-refractivity contribution in [2.75, 3.05) is 7.11 Å². The lowest BCUT2D eigenvalue weighted by molar-refractivity contribution is -0.136. The molecule has 0 amide bonds. The highest BCUT2D eigenvalue weighted by atomic mass is 16.5. The minimum Gasteiger partial charge on any atom is -0.478 e. The predicted molar refractivity (Wildman–Crippen MR) is 124 cm³/mol. The number of carboxylic acids is 1. The molecule has 0 saturated carbocycles. The van der Waals surface area contributed by atoms with E-state index in [9.17, 15) is 14.7 Å². The van der Waals surface area contributed by atoms with Crippen LogP contribution in [0.4, 0.5) is 0 Å². The Morgan fingerprint density at radius 2 is 1.55 bits per heavy atom. The van der Waals surface area contributed by atoms with Gasteiger partial charge in [-0.15, -0.1) is 0 Å². The second kappa shape index (κ2) is 15.1. The number of rotatable bonds is 14. The molecule has 1 aromatic heterocycles. The Balaban J connectivity index is 2.40. The summed E-state index contributed by atoms with van der Waals surface area (Å²) in [7, 11) is 1.37. The van der Waals surface area contributed by atoms with Crippen LogP contribution < -0.4 is 0 Å². The quantitative estimate of drug-likeness (QED) is 0.206. The molecular formula is C26H36O5. The summed E-state index contributed by atoms with van der Waals surface area (Å²) in [6.07, 6.45) is 17.8. The van der Waals surface area contributed by atoms with Crippen LogP contribution in [0.1, 0.15) is 71.3 Å². The molecule has 0 saturated heterocycles. The number of ether oxygens (including phenoxy) is 1. The van der Waals surface area contributed by atoms with E-state index in [1.165, 1.54) is 23.8 Å². The van der Waals surface area contributed by atoms with Crippen molar-refractivity contribution in [2.24, 2.45) is 0 Å². The van der Waals surface area contributed by atoms with Crippen LogP contribution >= 0.6 is 0 Å². The zero-order chi connectivity index (χ0) is 23.1. The van der Waals surface area contributed by atoms with Crippen LogP contribution in [0.3, 0.4) is 0 Å². The summed E-state index contributed by atoms with van der Waals surface area (Å²) in [5.74, 6) is -1.15. The summed E-state index contributed by atoms with van der Waals surface area (Å²) in [6, 6.07) is 1.97. The van der Waals surface area contributed by atoms with Crippen LogP contribution in [0.2, 0.25) is 0 Å². The van der Waals surface area contributed by atoms with Gasteiger partial charge in [0.05, 0.1) is 19.6 Å². The Morgan fingerprint density at radius 1 is 0.935 bits per heavy atom. The van der Waals surface area contributed by atoms with Gasteiger partial charge in [0.1, 0.15) is 0 Å². The summed E-state index contributed by atoms with van der Waals surface area (Å²) in [4.78, 5) is 22.9. The van der Waals surface area contributed by atoms with Crippen molar-refractivity contribution in [3.8, 4) is 0 Å². The van der Waals surface area contributed by atoms with E-state index in [0.29, 0.717) is 24.0 Å². The molecule has 5 nitrogen and oxygen atoms in total. The first-order valence-electron chi connectivity index (χ1n) is 10.8. The minimum absolute atomic E-state index is 0.305. The Morgan fingerprint density at radius 3 is 2.13 bits per heavy atom. The van der Waals surface area contributed by atoms with Crippen LogP contribution in [0.15, 0.2) is 69.6 Å². The number of furan rings is 1. The fourth-order valence-electron chi connectivity index (χ4n) is 3.13. The fraction of sp³-hybridized carbons (Fsp3) is 0.462. The average molecular weight is 429 g/mol. The highest BCUT2D eigenvalue weighted by Gasteiger charge is 2.06. The molecule has 0 atom stereocenters. The van der Waals surface area contributed by atoms with E-state index >= 15 is 0 Å². The molecule has 0 aliphatic carbocycles. The molecule has 1 N–H and O–H groups in total. The lowest BCUT2D eigenvalue weighted by atomic mass is 10.0. The number of esters is 1. The van der Waals surface area contributed by atoms with Gasteiger partial charge in [-0.05, 0) is 83.8 Å². The normalized spacial score (nSPS) is 13.4. The molecule has 0 aromatic carbocycles. The maximum atomic E-state index is 11.5. The van der Waals surface area contributed by atoms with Gasteiger partial charge in [0.25, 0.3) is 0 Å². The molecule has 1 aromatic rings. The van der Waals surface area contributed by atoms with Gasteiger partial charge in [-0.3, -0.25) is 0 Å². The first-order chi connectivity index (χ1) is 14.8. The Labute approximate surface area is 186 Å². The first-order valence-corrected chi connectivity index (χ1v) is 10.8. The molecule has 1 heterocycles. The Hall–Kier alpha value is -2.82. The summed E-state index contributed by atoms with van der Waals surface area (Å²) >= 11 is 0. The van der Waals surface area contributed by atoms with Gasteiger partial charge < -0.3 is 14.3 Å². The highest BCUT2D eigenvalue weighted by molar-refractivity contribution is 5.87. The van der Waals surface area contributed by atoms with Gasteiger partial charge in [0.15, 0.2) is 0 Å². The molecule has 1 rings (SSSR count). The first kappa shape index (κ1) is 26.2. The number of carbonyl (C=O) groups is 2. The van der Waals surface area contributed by atoms with Gasteiger partial charge in [-0.2, -0.15) is 0 Å². The second-order valence-corrected chi connectivity index (χ2v) is 7.80. The number of carbonyl (C=O) groups excluding carboxylic acids is 1. The van der Waals surface area contributed by atoms with Crippen LogP contribution in [0, 0.1) is 0 Å². The number of allylic oxidation sites excluding steroid dienone is 6. The third-order valence-corrected chi connectivity index (χ3v) is 5.11. The zero-order valence-electron chi connectivity index (χ0n) is 19.3. The Kier molecular flexibility index (Phi) is 12.7. The van der Waals surface area contributed by atoms with Crippen LogP contribution in [-0.4, -0.2) is 24.2 Å². The maximum Gasteiger partial charge on any atom is 0.333 e. The predicted octanol–water partition coefficient (Wildman–Crippen LogP) is 6.58. The average Bonchev–Trinajstić information content (AvgIpc) is 3.25. The zero-order valence-corrected chi connectivity index (χ0v) is 19.3. The molecule has 0 unspecified atom stereocenters. The summed E-state index contributed by atoms with van der Waals surface area (Å²) in [5, 5.41) is 9.46. The summed E-state index contributed by atoms with van der Waals surface area (Å²) in [5.41, 5.74) is 4.73. The van der Waals surface area contributed by atoms with E-state index in [4.69, 9.17) is 4.42 Å². The Bertz CT molecular complexity index is 807. The standard InChI is InChI=1S/C26H36O5/c1-20(9-5-13-22(3)26(29)30-4)11-7-15-24(25(27)28)16-8-12-21(2)10-6-14-23-17-18-31-19-23/h10-11,13,16-19H,5-9,12,14-15H2,1-4H3,(H,27,28)/b20-11+,21-10+,22-13+,24-16-. The SMILES string of the molecule is COC(=O)/C(C)=C/CC/C(C)=C/CC/C(=C/CC/C(C)=C/CCc1ccoc1)C(=O)O. The largest absolute Gasteiger partial charge is 0.478 e. The lowest BCUT2D eigenvalue weighted by Gasteiger charge is -2.04. The molecule has 31 heavy (non-hydrogen) atoms. The van der Waals surface area contributed by atoms with Crippen molar-refractivity contribution in [2.45, 2.75) is 72.1 Å². The molecule has 5 heteroatoms. The van der Waals surface area contributed by atoms with Crippen LogP contribution in [0.25, 0.3) is 0 Å². The smallest absolute Gasteiger partial charge is 0.333 e. The van der Waals surface area contributed by atoms with Crippen molar-refractivity contribution >= 4 is 11.9 Å². The molecule has 0 radical (unpaired) electrons. The molecule has 0 spiro atoms. The molecule has 0 fully saturated rings. The highest BCUT2D eigenvalue weighted by Crippen LogP contribution is 2.15. The minimum atomic E-state index is -0.843. The van der Waals surface area contributed by atoms with Crippen molar-refractivity contribution in [1.29, 1.82) is 0 Å². The van der Waals surface area contributed by atoms with E-state index in [1.54, 1.807) is 19.5 Å². The van der Waals surface area contributed by atoms with Gasteiger partial charge in [-0.25, -0.2) is 9.59 Å². The van der Waals surface area contributed by atoms with E-state index in [1.807, 2.05) is 25.1 Å². The van der Waals surface area contributed by atoms with Gasteiger partial charge in [0.2, 0.25) is 0 Å². The monoisotopic (exact) mass is 428 g/mol. The number of hydrogen-bond donors (Lipinski definition) is 1. The number of aliphatic carboxylic acids is 1. The number of aryl methyl sites for hydroxylation is 1. The number of carboxylic acid groups (broad SMARTS) is 1. The van der Waals surface area contributed by atoms with Crippen LogP contribution in [0.5, 0.6) is 0 Å². The van der Waals surface area contributed by atoms with Crippen molar-refractivity contribution < 1.29 is 23.8 Å². The van der Waals surface area contributed by atoms with E-state index in [0.717, 1.165) is 38.5 Å². The van der Waals surface area contributed by atoms with Gasteiger partial charge >= 0.3 is 11.9 Å². The number of hydrogen-bond acceptors (Lipinski definition) is 4. The van der Waals surface area contributed by atoms with Crippen molar-refractivity contribution in [1.82, 2.24) is 0 Å².